The number of hydrogen-bond donors (Lipinski definition) is 0. The molecule has 0 N–H and O–H groups in total. The molecule has 0 spiro atoms. The number of unbranched alkanes of at least 4 members (excludes halogenated alkanes) is 8. The molecule has 0 atom stereocenters. The molecule has 5 nitrogen and oxygen atoms in total. The number of rotatable bonds is 16. The van der Waals surface area contributed by atoms with Crippen LogP contribution in [-0.2, 0) is 0 Å². The van der Waals surface area contributed by atoms with Crippen LogP contribution >= 0.6 is 0 Å². The smallest absolute Gasteiger partial charge is 0.258 e. The molecule has 0 aliphatic rings. The highest BCUT2D eigenvalue weighted by atomic mass is 16.5. The van der Waals surface area contributed by atoms with Crippen LogP contribution in [0.1, 0.15) is 78.1 Å². The molecule has 33 heavy (non-hydrogen) atoms. The van der Waals surface area contributed by atoms with E-state index in [1.165, 1.54) is 51.4 Å². The summed E-state index contributed by atoms with van der Waals surface area (Å²) in [5.74, 6) is 2.82. The number of nitrogens with zero attached hydrogens (tertiary/aromatic N) is 2. The predicted molar refractivity (Wildman–Crippen MR) is 134 cm³/mol. The second kappa shape index (κ2) is 14.4. The van der Waals surface area contributed by atoms with Gasteiger partial charge in [0.05, 0.1) is 13.2 Å². The summed E-state index contributed by atoms with van der Waals surface area (Å²) in [5, 5.41) is 4.14. The molecule has 178 valence electrons. The fourth-order valence-electron chi connectivity index (χ4n) is 3.64. The van der Waals surface area contributed by atoms with E-state index in [1.54, 1.807) is 0 Å². The lowest BCUT2D eigenvalue weighted by molar-refractivity contribution is 0.304. The van der Waals surface area contributed by atoms with Gasteiger partial charge in [-0.2, -0.15) is 4.98 Å². The zero-order valence-corrected chi connectivity index (χ0v) is 20.2. The lowest BCUT2D eigenvalue weighted by atomic mass is 10.1. The van der Waals surface area contributed by atoms with Crippen LogP contribution in [0.15, 0.2) is 53.1 Å². The summed E-state index contributed by atoms with van der Waals surface area (Å²) < 4.78 is 17.2. The molecule has 3 rings (SSSR count). The number of ether oxygens (including phenoxy) is 2. The Morgan fingerprint density at radius 2 is 1.09 bits per heavy atom. The first-order valence-corrected chi connectivity index (χ1v) is 12.6. The number of benzene rings is 2. The van der Waals surface area contributed by atoms with E-state index in [0.29, 0.717) is 11.7 Å². The third kappa shape index (κ3) is 8.56. The fourth-order valence-corrected chi connectivity index (χ4v) is 3.64. The molecule has 0 aliphatic heterocycles. The minimum absolute atomic E-state index is 0.503. The maximum Gasteiger partial charge on any atom is 0.258 e. The van der Waals surface area contributed by atoms with Crippen LogP contribution in [-0.4, -0.2) is 23.4 Å². The lowest BCUT2D eigenvalue weighted by Crippen LogP contribution is -1.97. The van der Waals surface area contributed by atoms with Gasteiger partial charge in [-0.25, -0.2) is 0 Å². The largest absolute Gasteiger partial charge is 0.494 e. The monoisotopic (exact) mass is 450 g/mol. The van der Waals surface area contributed by atoms with Crippen LogP contribution in [0.3, 0.4) is 0 Å². The van der Waals surface area contributed by atoms with Gasteiger partial charge in [0, 0.05) is 11.1 Å². The van der Waals surface area contributed by atoms with Crippen LogP contribution < -0.4 is 9.47 Å². The van der Waals surface area contributed by atoms with Crippen molar-refractivity contribution in [1.82, 2.24) is 10.1 Å². The molecule has 1 heterocycles. The molecule has 0 radical (unpaired) electrons. The highest BCUT2D eigenvalue weighted by molar-refractivity contribution is 5.60. The van der Waals surface area contributed by atoms with E-state index in [4.69, 9.17) is 14.0 Å². The minimum Gasteiger partial charge on any atom is -0.494 e. The standard InChI is InChI=1S/C28H38N2O3/c1-3-5-7-9-10-12-22-32-26-19-15-24(16-20-26)28-29-27(30-33-28)23-13-17-25(18-14-23)31-21-11-8-6-4-2/h13-20H,3-12,21-22H2,1-2H3. The lowest BCUT2D eigenvalue weighted by Gasteiger charge is -2.06. The van der Waals surface area contributed by atoms with Crippen molar-refractivity contribution in [3.63, 3.8) is 0 Å². The Labute approximate surface area is 198 Å². The Morgan fingerprint density at radius 1 is 0.606 bits per heavy atom. The fraction of sp³-hybridized carbons (Fsp3) is 0.500. The molecule has 0 saturated carbocycles. The summed E-state index contributed by atoms with van der Waals surface area (Å²) in [6.45, 7) is 5.97. The van der Waals surface area contributed by atoms with E-state index in [1.807, 2.05) is 48.5 Å². The van der Waals surface area contributed by atoms with Crippen molar-refractivity contribution in [2.45, 2.75) is 78.1 Å². The van der Waals surface area contributed by atoms with Gasteiger partial charge in [0.15, 0.2) is 0 Å². The van der Waals surface area contributed by atoms with E-state index < -0.39 is 0 Å². The maximum absolute atomic E-state index is 5.86. The van der Waals surface area contributed by atoms with Crippen LogP contribution in [0.4, 0.5) is 0 Å². The molecule has 0 bridgehead atoms. The highest BCUT2D eigenvalue weighted by Gasteiger charge is 2.11. The van der Waals surface area contributed by atoms with Gasteiger partial charge in [-0.1, -0.05) is 70.4 Å². The highest BCUT2D eigenvalue weighted by Crippen LogP contribution is 2.25. The molecule has 2 aromatic carbocycles. The van der Waals surface area contributed by atoms with Gasteiger partial charge in [-0.15, -0.1) is 0 Å². The van der Waals surface area contributed by atoms with Crippen molar-refractivity contribution in [2.24, 2.45) is 0 Å². The first-order valence-electron chi connectivity index (χ1n) is 12.6. The van der Waals surface area contributed by atoms with Gasteiger partial charge < -0.3 is 14.0 Å². The molecule has 0 fully saturated rings. The van der Waals surface area contributed by atoms with Gasteiger partial charge in [-0.05, 0) is 61.4 Å². The third-order valence-corrected chi connectivity index (χ3v) is 5.67. The second-order valence-electron chi connectivity index (χ2n) is 8.50. The molecule has 5 heteroatoms. The molecule has 1 aromatic heterocycles. The zero-order chi connectivity index (χ0) is 23.1. The Balaban J connectivity index is 1.45. The Bertz CT molecular complexity index is 904. The molecule has 0 amide bonds. The summed E-state index contributed by atoms with van der Waals surface area (Å²) in [6, 6.07) is 15.7. The molecule has 3 aromatic rings. The van der Waals surface area contributed by atoms with Crippen molar-refractivity contribution in [1.29, 1.82) is 0 Å². The van der Waals surface area contributed by atoms with Gasteiger partial charge in [0.1, 0.15) is 11.5 Å². The average Bonchev–Trinajstić information content (AvgIpc) is 3.34. The van der Waals surface area contributed by atoms with E-state index in [0.717, 1.165) is 48.7 Å². The summed E-state index contributed by atoms with van der Waals surface area (Å²) in [4.78, 5) is 4.56. The van der Waals surface area contributed by atoms with E-state index in [9.17, 15) is 0 Å². The summed E-state index contributed by atoms with van der Waals surface area (Å²) >= 11 is 0. The van der Waals surface area contributed by atoms with Crippen molar-refractivity contribution in [2.75, 3.05) is 13.2 Å². The van der Waals surface area contributed by atoms with Crippen LogP contribution in [0.25, 0.3) is 22.8 Å². The quantitative estimate of drug-likeness (QED) is 0.206. The normalized spacial score (nSPS) is 11.0. The van der Waals surface area contributed by atoms with E-state index in [-0.39, 0.29) is 0 Å². The SMILES string of the molecule is CCCCCCCCOc1ccc(-c2nc(-c3ccc(OCCCCCC)cc3)no2)cc1. The van der Waals surface area contributed by atoms with E-state index in [2.05, 4.69) is 24.0 Å². The van der Waals surface area contributed by atoms with Gasteiger partial charge in [0.2, 0.25) is 5.82 Å². The summed E-state index contributed by atoms with van der Waals surface area (Å²) in [7, 11) is 0. The Morgan fingerprint density at radius 3 is 1.67 bits per heavy atom. The number of aromatic nitrogens is 2. The maximum atomic E-state index is 5.86. The molecular weight excluding hydrogens is 412 g/mol. The van der Waals surface area contributed by atoms with Crippen LogP contribution in [0, 0.1) is 0 Å². The Hall–Kier alpha value is -2.82. The summed E-state index contributed by atoms with van der Waals surface area (Å²) in [5.41, 5.74) is 1.79. The third-order valence-electron chi connectivity index (χ3n) is 5.67. The zero-order valence-electron chi connectivity index (χ0n) is 20.2. The number of hydrogen-bond acceptors (Lipinski definition) is 5. The first kappa shape index (κ1) is 24.8. The molecular formula is C28H38N2O3. The van der Waals surface area contributed by atoms with Crippen LogP contribution in [0.5, 0.6) is 11.5 Å². The minimum atomic E-state index is 0.503. The molecule has 0 aliphatic carbocycles. The average molecular weight is 451 g/mol. The topological polar surface area (TPSA) is 57.4 Å². The van der Waals surface area contributed by atoms with Crippen molar-refractivity contribution in [3.8, 4) is 34.3 Å². The predicted octanol–water partition coefficient (Wildman–Crippen LogP) is 8.10. The molecule has 0 saturated heterocycles. The second-order valence-corrected chi connectivity index (χ2v) is 8.50. The van der Waals surface area contributed by atoms with E-state index >= 15 is 0 Å². The first-order chi connectivity index (χ1) is 16.3. The Kier molecular flexibility index (Phi) is 10.8. The van der Waals surface area contributed by atoms with Gasteiger partial charge in [0.25, 0.3) is 5.89 Å². The van der Waals surface area contributed by atoms with Gasteiger partial charge in [-0.3, -0.25) is 0 Å². The van der Waals surface area contributed by atoms with Crippen molar-refractivity contribution >= 4 is 0 Å². The summed E-state index contributed by atoms with van der Waals surface area (Å²) in [6.07, 6.45) is 12.4. The van der Waals surface area contributed by atoms with Crippen molar-refractivity contribution < 1.29 is 14.0 Å². The van der Waals surface area contributed by atoms with Crippen molar-refractivity contribution in [3.05, 3.63) is 48.5 Å². The van der Waals surface area contributed by atoms with Crippen LogP contribution in [0.2, 0.25) is 0 Å². The van der Waals surface area contributed by atoms with Gasteiger partial charge >= 0.3 is 0 Å². The molecule has 0 unspecified atom stereocenters.